The summed E-state index contributed by atoms with van der Waals surface area (Å²) in [6.07, 6.45) is -3.54. The number of rotatable bonds is 4. The Kier molecular flexibility index (Phi) is 4.27. The molecule has 1 heterocycles. The van der Waals surface area contributed by atoms with Gasteiger partial charge < -0.3 is 5.32 Å². The first-order valence-electron chi connectivity index (χ1n) is 6.16. The molecule has 2 aromatic rings. The largest absolute Gasteiger partial charge is 0.416 e. The first-order chi connectivity index (χ1) is 9.40. The summed E-state index contributed by atoms with van der Waals surface area (Å²) < 4.78 is 41.6. The van der Waals surface area contributed by atoms with Gasteiger partial charge >= 0.3 is 6.18 Å². The van der Waals surface area contributed by atoms with Crippen LogP contribution in [0.2, 0.25) is 0 Å². The van der Waals surface area contributed by atoms with Crippen molar-refractivity contribution in [3.8, 4) is 0 Å². The minimum atomic E-state index is -4.30. The van der Waals surface area contributed by atoms with Gasteiger partial charge in [0.2, 0.25) is 5.13 Å². The summed E-state index contributed by atoms with van der Waals surface area (Å²) in [5.41, 5.74) is 0.129. The zero-order valence-electron chi connectivity index (χ0n) is 11.0. The van der Waals surface area contributed by atoms with Crippen LogP contribution in [0.5, 0.6) is 0 Å². The number of nitrogens with one attached hydrogen (secondary N) is 1. The molecular weight excluding hydrogens is 287 g/mol. The average molecular weight is 301 g/mol. The number of hydrogen-bond donors (Lipinski definition) is 1. The van der Waals surface area contributed by atoms with Gasteiger partial charge in [0.25, 0.3) is 0 Å². The fourth-order valence-electron chi connectivity index (χ4n) is 1.69. The normalized spacial score (nSPS) is 13.2. The minimum absolute atomic E-state index is 0.130. The molecule has 0 saturated carbocycles. The molecule has 0 saturated heterocycles. The quantitative estimate of drug-likeness (QED) is 0.915. The van der Waals surface area contributed by atoms with Gasteiger partial charge in [0.1, 0.15) is 5.82 Å². The van der Waals surface area contributed by atoms with Crippen LogP contribution in [0.15, 0.2) is 24.3 Å². The van der Waals surface area contributed by atoms with Gasteiger partial charge in [0.15, 0.2) is 0 Å². The Hall–Kier alpha value is -1.63. The molecule has 3 nitrogen and oxygen atoms in total. The lowest BCUT2D eigenvalue weighted by molar-refractivity contribution is -0.137. The molecule has 0 aliphatic heterocycles. The van der Waals surface area contributed by atoms with Crippen LogP contribution in [-0.4, -0.2) is 9.36 Å². The summed E-state index contributed by atoms with van der Waals surface area (Å²) in [5.74, 6) is 0.761. The third-order valence-corrected chi connectivity index (χ3v) is 3.55. The molecule has 1 unspecified atom stereocenters. The molecule has 20 heavy (non-hydrogen) atoms. The molecule has 108 valence electrons. The Labute approximate surface area is 119 Å². The Bertz CT molecular complexity index is 563. The van der Waals surface area contributed by atoms with Crippen molar-refractivity contribution in [2.45, 2.75) is 32.5 Å². The molecule has 0 aliphatic carbocycles. The maximum Gasteiger partial charge on any atom is 0.416 e. The molecule has 1 atom stereocenters. The van der Waals surface area contributed by atoms with Gasteiger partial charge in [-0.2, -0.15) is 17.5 Å². The highest BCUT2D eigenvalue weighted by Crippen LogP contribution is 2.30. The van der Waals surface area contributed by atoms with Crippen LogP contribution in [-0.2, 0) is 12.6 Å². The Morgan fingerprint density at radius 1 is 1.25 bits per heavy atom. The first-order valence-corrected chi connectivity index (χ1v) is 6.93. The Balaban J connectivity index is 2.07. The summed E-state index contributed by atoms with van der Waals surface area (Å²) in [7, 11) is 0. The highest BCUT2D eigenvalue weighted by Gasteiger charge is 2.30. The molecule has 1 N–H and O–H groups in total. The summed E-state index contributed by atoms with van der Waals surface area (Å²) in [6.45, 7) is 3.83. The summed E-state index contributed by atoms with van der Waals surface area (Å²) in [6, 6.07) is 5.00. The number of halogens is 3. The van der Waals surface area contributed by atoms with Gasteiger partial charge in [0, 0.05) is 18.0 Å². The summed E-state index contributed by atoms with van der Waals surface area (Å²) in [5, 5.41) is 3.81. The summed E-state index contributed by atoms with van der Waals surface area (Å²) >= 11 is 1.25. The number of aromatic nitrogens is 2. The molecule has 1 aromatic heterocycles. The van der Waals surface area contributed by atoms with E-state index in [9.17, 15) is 13.2 Å². The second-order valence-electron chi connectivity index (χ2n) is 4.36. The minimum Gasteiger partial charge on any atom is -0.354 e. The molecule has 0 spiro atoms. The van der Waals surface area contributed by atoms with Crippen molar-refractivity contribution >= 4 is 16.7 Å². The second-order valence-corrected chi connectivity index (χ2v) is 5.11. The standard InChI is InChI=1S/C13H14F3N3S/c1-3-11-18-12(20-19-11)17-8(2)9-4-6-10(7-5-9)13(14,15)16/h4-8H,3H2,1-2H3,(H,17,18,19). The molecular formula is C13H14F3N3S. The van der Waals surface area contributed by atoms with Crippen LogP contribution in [0, 0.1) is 0 Å². The van der Waals surface area contributed by atoms with Crippen molar-refractivity contribution < 1.29 is 13.2 Å². The van der Waals surface area contributed by atoms with E-state index in [1.54, 1.807) is 0 Å². The lowest BCUT2D eigenvalue weighted by atomic mass is 10.1. The topological polar surface area (TPSA) is 37.8 Å². The SMILES string of the molecule is CCc1nsc(NC(C)c2ccc(C(F)(F)F)cc2)n1. The fourth-order valence-corrected chi connectivity index (χ4v) is 2.42. The number of aryl methyl sites for hydroxylation is 1. The van der Waals surface area contributed by atoms with Crippen molar-refractivity contribution in [2.24, 2.45) is 0 Å². The van der Waals surface area contributed by atoms with Crippen LogP contribution >= 0.6 is 11.5 Å². The molecule has 0 radical (unpaired) electrons. The molecule has 0 fully saturated rings. The zero-order chi connectivity index (χ0) is 14.8. The van der Waals surface area contributed by atoms with E-state index in [4.69, 9.17) is 0 Å². The van der Waals surface area contributed by atoms with E-state index in [1.165, 1.54) is 23.7 Å². The van der Waals surface area contributed by atoms with E-state index in [0.29, 0.717) is 5.13 Å². The van der Waals surface area contributed by atoms with E-state index in [2.05, 4.69) is 14.7 Å². The van der Waals surface area contributed by atoms with Gasteiger partial charge in [-0.3, -0.25) is 0 Å². The van der Waals surface area contributed by atoms with E-state index in [1.807, 2.05) is 13.8 Å². The van der Waals surface area contributed by atoms with Gasteiger partial charge in [-0.25, -0.2) is 4.98 Å². The highest BCUT2D eigenvalue weighted by atomic mass is 32.1. The van der Waals surface area contributed by atoms with Crippen LogP contribution in [0.25, 0.3) is 0 Å². The lowest BCUT2D eigenvalue weighted by Crippen LogP contribution is -2.08. The van der Waals surface area contributed by atoms with Crippen molar-refractivity contribution in [1.82, 2.24) is 9.36 Å². The number of nitrogens with zero attached hydrogens (tertiary/aromatic N) is 2. The molecule has 1 aromatic carbocycles. The predicted molar refractivity (Wildman–Crippen MR) is 72.8 cm³/mol. The van der Waals surface area contributed by atoms with Gasteiger partial charge in [-0.15, -0.1) is 0 Å². The van der Waals surface area contributed by atoms with E-state index in [0.717, 1.165) is 29.9 Å². The van der Waals surface area contributed by atoms with E-state index in [-0.39, 0.29) is 6.04 Å². The van der Waals surface area contributed by atoms with Gasteiger partial charge in [0.05, 0.1) is 11.6 Å². The maximum atomic E-state index is 12.5. The van der Waals surface area contributed by atoms with Crippen LogP contribution in [0.3, 0.4) is 0 Å². The second kappa shape index (κ2) is 5.78. The predicted octanol–water partition coefficient (Wildman–Crippen LogP) is 4.29. The maximum absolute atomic E-state index is 12.5. The van der Waals surface area contributed by atoms with Crippen molar-refractivity contribution in [3.05, 3.63) is 41.2 Å². The monoisotopic (exact) mass is 301 g/mol. The van der Waals surface area contributed by atoms with E-state index < -0.39 is 11.7 Å². The van der Waals surface area contributed by atoms with Crippen molar-refractivity contribution in [3.63, 3.8) is 0 Å². The van der Waals surface area contributed by atoms with Gasteiger partial charge in [-0.05, 0) is 24.6 Å². The Morgan fingerprint density at radius 2 is 1.90 bits per heavy atom. The van der Waals surface area contributed by atoms with Crippen molar-refractivity contribution in [1.29, 1.82) is 0 Å². The number of hydrogen-bond acceptors (Lipinski definition) is 4. The van der Waals surface area contributed by atoms with E-state index >= 15 is 0 Å². The van der Waals surface area contributed by atoms with Crippen LogP contribution in [0.1, 0.15) is 36.8 Å². The van der Waals surface area contributed by atoms with Crippen LogP contribution < -0.4 is 5.32 Å². The molecule has 0 aliphatic rings. The third kappa shape index (κ3) is 3.47. The van der Waals surface area contributed by atoms with Crippen LogP contribution in [0.4, 0.5) is 18.3 Å². The molecule has 0 amide bonds. The third-order valence-electron chi connectivity index (χ3n) is 2.86. The number of benzene rings is 1. The lowest BCUT2D eigenvalue weighted by Gasteiger charge is -2.14. The molecule has 2 rings (SSSR count). The van der Waals surface area contributed by atoms with Gasteiger partial charge in [-0.1, -0.05) is 19.1 Å². The van der Waals surface area contributed by atoms with Crippen molar-refractivity contribution in [2.75, 3.05) is 5.32 Å². The smallest absolute Gasteiger partial charge is 0.354 e. The highest BCUT2D eigenvalue weighted by molar-refractivity contribution is 7.09. The first kappa shape index (κ1) is 14.8. The number of alkyl halides is 3. The molecule has 7 heteroatoms. The summed E-state index contributed by atoms with van der Waals surface area (Å²) in [4.78, 5) is 4.27. The average Bonchev–Trinajstić information content (AvgIpc) is 2.85. The zero-order valence-corrected chi connectivity index (χ0v) is 11.8. The fraction of sp³-hybridized carbons (Fsp3) is 0.385. The molecule has 0 bridgehead atoms. The Morgan fingerprint density at radius 3 is 2.40 bits per heavy atom. The number of anilines is 1.